The molecule has 0 saturated carbocycles. The van der Waals surface area contributed by atoms with E-state index in [1.54, 1.807) is 6.92 Å². The fourth-order valence-electron chi connectivity index (χ4n) is 2.62. The second kappa shape index (κ2) is 7.37. The number of benzene rings is 2. The van der Waals surface area contributed by atoms with Gasteiger partial charge in [-0.25, -0.2) is 9.07 Å². The third-order valence-electron chi connectivity index (χ3n) is 4.09. The van der Waals surface area contributed by atoms with Crippen LogP contribution in [0.2, 0.25) is 0 Å². The molecule has 1 N–H and O–H groups in total. The minimum Gasteiger partial charge on any atom is -0.348 e. The van der Waals surface area contributed by atoms with Crippen LogP contribution in [0.4, 0.5) is 17.6 Å². The van der Waals surface area contributed by atoms with Crippen LogP contribution in [0.15, 0.2) is 47.3 Å². The van der Waals surface area contributed by atoms with Crippen LogP contribution in [-0.4, -0.2) is 20.9 Å². The molecule has 0 radical (unpaired) electrons. The molecule has 1 amide bonds. The molecule has 28 heavy (non-hydrogen) atoms. The molecule has 0 aliphatic rings. The van der Waals surface area contributed by atoms with E-state index in [4.69, 9.17) is 0 Å². The van der Waals surface area contributed by atoms with E-state index in [0.29, 0.717) is 5.56 Å². The third kappa shape index (κ3) is 4.16. The number of rotatable bonds is 4. The smallest absolute Gasteiger partial charge is 0.348 e. The molecule has 0 unspecified atom stereocenters. The maximum atomic E-state index is 13.3. The second-order valence-corrected chi connectivity index (χ2v) is 6.12. The molecule has 0 aliphatic heterocycles. The number of amides is 1. The summed E-state index contributed by atoms with van der Waals surface area (Å²) in [4.78, 5) is 24.5. The van der Waals surface area contributed by atoms with Crippen LogP contribution in [0.5, 0.6) is 0 Å². The Balaban J connectivity index is 1.72. The number of fused-ring (bicyclic) bond motifs is 1. The lowest BCUT2D eigenvalue weighted by atomic mass is 10.1. The number of nitrogens with one attached hydrogen (secondary N) is 1. The van der Waals surface area contributed by atoms with Gasteiger partial charge in [0, 0.05) is 0 Å². The number of hydrogen-bond donors (Lipinski definition) is 1. The number of carbonyl (C=O) groups is 1. The van der Waals surface area contributed by atoms with Gasteiger partial charge in [-0.05, 0) is 42.8 Å². The van der Waals surface area contributed by atoms with Gasteiger partial charge in [0.05, 0.1) is 17.0 Å². The van der Waals surface area contributed by atoms with Crippen molar-refractivity contribution in [1.29, 1.82) is 0 Å². The van der Waals surface area contributed by atoms with Crippen molar-refractivity contribution in [3.63, 3.8) is 0 Å². The fraction of sp³-hybridized carbons (Fsp3) is 0.222. The van der Waals surface area contributed by atoms with Gasteiger partial charge in [0.15, 0.2) is 0 Å². The lowest BCUT2D eigenvalue weighted by Gasteiger charge is -2.15. The Morgan fingerprint density at radius 2 is 1.86 bits per heavy atom. The van der Waals surface area contributed by atoms with Gasteiger partial charge in [0.25, 0.3) is 5.56 Å². The molecule has 146 valence electrons. The number of alkyl halides is 3. The Kier molecular flexibility index (Phi) is 5.12. The van der Waals surface area contributed by atoms with Crippen LogP contribution in [-0.2, 0) is 17.5 Å². The number of carbonyl (C=O) groups excluding carboxylic acids is 1. The lowest BCUT2D eigenvalue weighted by Crippen LogP contribution is -2.35. The lowest BCUT2D eigenvalue weighted by molar-refractivity contribution is -0.137. The Bertz CT molecular complexity index is 1080. The van der Waals surface area contributed by atoms with E-state index in [9.17, 15) is 27.2 Å². The van der Waals surface area contributed by atoms with E-state index in [1.807, 2.05) is 0 Å². The van der Waals surface area contributed by atoms with Crippen molar-refractivity contribution in [3.8, 4) is 0 Å². The van der Waals surface area contributed by atoms with Gasteiger partial charge in [0.1, 0.15) is 17.9 Å². The summed E-state index contributed by atoms with van der Waals surface area (Å²) >= 11 is 0. The van der Waals surface area contributed by atoms with Gasteiger partial charge in [-0.15, -0.1) is 5.10 Å². The van der Waals surface area contributed by atoms with Crippen molar-refractivity contribution >= 4 is 16.8 Å². The van der Waals surface area contributed by atoms with Gasteiger partial charge in [0.2, 0.25) is 5.91 Å². The molecule has 1 atom stereocenters. The standard InChI is InChI=1S/C18H14F4N4O2/c1-10(11-2-4-12(5-3-11)18(20,21)22)23-16(27)9-26-17(28)14-8-13(19)6-7-15(14)24-25-26/h2-8,10H,9H2,1H3,(H,23,27)/t10-/m0/s1. The molecule has 0 spiro atoms. The van der Waals surface area contributed by atoms with Crippen LogP contribution in [0.3, 0.4) is 0 Å². The highest BCUT2D eigenvalue weighted by Gasteiger charge is 2.30. The first-order valence-electron chi connectivity index (χ1n) is 8.15. The molecule has 2 aromatic carbocycles. The van der Waals surface area contributed by atoms with Gasteiger partial charge in [-0.2, -0.15) is 13.2 Å². The van der Waals surface area contributed by atoms with Crippen molar-refractivity contribution in [3.05, 3.63) is 69.8 Å². The molecule has 0 saturated heterocycles. The maximum absolute atomic E-state index is 13.3. The maximum Gasteiger partial charge on any atom is 0.416 e. The summed E-state index contributed by atoms with van der Waals surface area (Å²) in [6.45, 7) is 1.12. The van der Waals surface area contributed by atoms with Crippen molar-refractivity contribution in [2.24, 2.45) is 0 Å². The first-order chi connectivity index (χ1) is 13.1. The van der Waals surface area contributed by atoms with Crippen molar-refractivity contribution in [1.82, 2.24) is 20.3 Å². The molecule has 10 heteroatoms. The van der Waals surface area contributed by atoms with Crippen LogP contribution < -0.4 is 10.9 Å². The summed E-state index contributed by atoms with van der Waals surface area (Å²) in [5.74, 6) is -1.22. The van der Waals surface area contributed by atoms with Crippen molar-refractivity contribution in [2.75, 3.05) is 0 Å². The summed E-state index contributed by atoms with van der Waals surface area (Å²) in [7, 11) is 0. The highest BCUT2D eigenvalue weighted by molar-refractivity contribution is 5.78. The molecule has 1 aromatic heterocycles. The van der Waals surface area contributed by atoms with Crippen LogP contribution in [0, 0.1) is 5.82 Å². The van der Waals surface area contributed by atoms with E-state index in [1.165, 1.54) is 18.2 Å². The first kappa shape index (κ1) is 19.5. The minimum atomic E-state index is -4.44. The zero-order chi connectivity index (χ0) is 20.5. The SMILES string of the molecule is C[C@H](NC(=O)Cn1nnc2ccc(F)cc2c1=O)c1ccc(C(F)(F)F)cc1. The third-order valence-corrected chi connectivity index (χ3v) is 4.09. The average molecular weight is 394 g/mol. The van der Waals surface area contributed by atoms with Gasteiger partial charge < -0.3 is 5.32 Å². The van der Waals surface area contributed by atoms with Crippen molar-refractivity contribution in [2.45, 2.75) is 25.7 Å². The van der Waals surface area contributed by atoms with Gasteiger partial charge in [-0.1, -0.05) is 17.3 Å². The molecule has 1 heterocycles. The number of halogens is 4. The quantitative estimate of drug-likeness (QED) is 0.691. The Morgan fingerprint density at radius 1 is 1.18 bits per heavy atom. The summed E-state index contributed by atoms with van der Waals surface area (Å²) in [6.07, 6.45) is -4.44. The predicted molar refractivity (Wildman–Crippen MR) is 91.8 cm³/mol. The van der Waals surface area contributed by atoms with Crippen LogP contribution in [0.1, 0.15) is 24.1 Å². The van der Waals surface area contributed by atoms with E-state index in [0.717, 1.165) is 28.9 Å². The zero-order valence-electron chi connectivity index (χ0n) is 14.5. The Hall–Kier alpha value is -3.30. The topological polar surface area (TPSA) is 76.9 Å². The number of aromatic nitrogens is 3. The van der Waals surface area contributed by atoms with E-state index in [-0.39, 0.29) is 10.9 Å². The summed E-state index contributed by atoms with van der Waals surface area (Å²) in [6, 6.07) is 7.21. The number of nitrogens with zero attached hydrogens (tertiary/aromatic N) is 3. The zero-order valence-corrected chi connectivity index (χ0v) is 14.5. The highest BCUT2D eigenvalue weighted by atomic mass is 19.4. The molecular weight excluding hydrogens is 380 g/mol. The Morgan fingerprint density at radius 3 is 2.50 bits per heavy atom. The molecular formula is C18H14F4N4O2. The largest absolute Gasteiger partial charge is 0.416 e. The first-order valence-corrected chi connectivity index (χ1v) is 8.15. The monoisotopic (exact) mass is 394 g/mol. The average Bonchev–Trinajstić information content (AvgIpc) is 2.64. The minimum absolute atomic E-state index is 0.0152. The van der Waals surface area contributed by atoms with Gasteiger partial charge >= 0.3 is 6.18 Å². The molecule has 6 nitrogen and oxygen atoms in total. The van der Waals surface area contributed by atoms with E-state index in [2.05, 4.69) is 15.6 Å². The molecule has 0 bridgehead atoms. The summed E-state index contributed by atoms with van der Waals surface area (Å²) < 4.78 is 51.9. The highest BCUT2D eigenvalue weighted by Crippen LogP contribution is 2.29. The molecule has 0 aliphatic carbocycles. The number of hydrogen-bond acceptors (Lipinski definition) is 4. The summed E-state index contributed by atoms with van der Waals surface area (Å²) in [5, 5.41) is 9.96. The van der Waals surface area contributed by atoms with Crippen molar-refractivity contribution < 1.29 is 22.4 Å². The predicted octanol–water partition coefficient (Wildman–Crippen LogP) is 2.83. The van der Waals surface area contributed by atoms with E-state index >= 15 is 0 Å². The normalized spacial score (nSPS) is 12.8. The van der Waals surface area contributed by atoms with Crippen LogP contribution >= 0.6 is 0 Å². The Labute approximate surface area is 155 Å². The summed E-state index contributed by atoms with van der Waals surface area (Å²) in [5.41, 5.74) is -0.816. The molecule has 0 fully saturated rings. The van der Waals surface area contributed by atoms with Crippen LogP contribution in [0.25, 0.3) is 10.9 Å². The molecule has 3 rings (SSSR count). The second-order valence-electron chi connectivity index (χ2n) is 6.12. The fourth-order valence-corrected chi connectivity index (χ4v) is 2.62. The van der Waals surface area contributed by atoms with Gasteiger partial charge in [-0.3, -0.25) is 9.59 Å². The van der Waals surface area contributed by atoms with E-state index < -0.39 is 41.6 Å². The molecule has 3 aromatic rings.